The van der Waals surface area contributed by atoms with Gasteiger partial charge in [0.05, 0.1) is 10.1 Å². The minimum atomic E-state index is -4.28. The van der Waals surface area contributed by atoms with E-state index >= 15 is 0 Å². The predicted octanol–water partition coefficient (Wildman–Crippen LogP) is 0.388. The van der Waals surface area contributed by atoms with Crippen molar-refractivity contribution in [2.45, 2.75) is 4.90 Å². The second-order valence-electron chi connectivity index (χ2n) is 1.69. The normalized spacial score (nSPS) is 10.3. The molecule has 0 aromatic heterocycles. The maximum absolute atomic E-state index is 10.3. The van der Waals surface area contributed by atoms with Crippen LogP contribution in [0.1, 0.15) is 0 Å². The largest absolute Gasteiger partial charge is 0.754 e. The Morgan fingerprint density at radius 3 is 2.36 bits per heavy atom. The minimum absolute atomic E-state index is 0. The van der Waals surface area contributed by atoms with Crippen molar-refractivity contribution in [2.24, 2.45) is 0 Å². The van der Waals surface area contributed by atoms with Crippen LogP contribution in [0.25, 0.3) is 0 Å². The second-order valence-corrected chi connectivity index (χ2v) is 3.07. The van der Waals surface area contributed by atoms with Crippen LogP contribution in [-0.4, -0.2) is 13.0 Å². The third-order valence-corrected chi connectivity index (χ3v) is 1.80. The Labute approximate surface area is 90.4 Å². The molecular weight excluding hydrogens is 241 g/mol. The van der Waals surface area contributed by atoms with Crippen LogP contribution in [0.3, 0.4) is 0 Å². The van der Waals surface area contributed by atoms with Gasteiger partial charge in [-0.15, -0.1) is 0 Å². The van der Waals surface area contributed by atoms with Gasteiger partial charge in [0.2, 0.25) is 0 Å². The maximum atomic E-state index is 10.3. The van der Waals surface area contributed by atoms with E-state index in [0.29, 0.717) is 0 Å². The summed E-state index contributed by atoms with van der Waals surface area (Å²) < 4.78 is 30.8. The van der Waals surface area contributed by atoms with Crippen LogP contribution in [0, 0.1) is 6.07 Å². The van der Waals surface area contributed by atoms with Crippen molar-refractivity contribution in [3.63, 3.8) is 0 Å². The summed E-state index contributed by atoms with van der Waals surface area (Å²) in [4.78, 5) is -0.241. The summed E-state index contributed by atoms with van der Waals surface area (Å²) in [6, 6.07) is 7.84. The number of hydrogen-bond donors (Lipinski definition) is 0. The molecule has 0 spiro atoms. The number of rotatable bonds is 1. The molecule has 57 valence electrons. The Balaban J connectivity index is 0.000001000. The molecule has 0 saturated heterocycles. The molecule has 1 rings (SSSR count). The third-order valence-electron chi connectivity index (χ3n) is 0.967. The molecule has 3 nitrogen and oxygen atoms in total. The molecule has 0 saturated carbocycles. The van der Waals surface area contributed by atoms with Crippen molar-refractivity contribution in [3.05, 3.63) is 30.3 Å². The van der Waals surface area contributed by atoms with Gasteiger partial charge in [-0.2, -0.15) is 30.3 Å². The Bertz CT molecular complexity index is 306. The standard InChI is InChI=1S/C6H5O3S.Y/c7-10(8,9)6-4-2-1-3-5-6;/h1-2,4-5H,(H,7,8,9);/q-1;/p-1. The smallest absolute Gasteiger partial charge is 0.0743 e. The van der Waals surface area contributed by atoms with Crippen molar-refractivity contribution in [2.75, 3.05) is 0 Å². The molecule has 0 atom stereocenters. The predicted molar refractivity (Wildman–Crippen MR) is 33.2 cm³/mol. The molecule has 5 heteroatoms. The number of benzene rings is 1. The topological polar surface area (TPSA) is 57.2 Å². The van der Waals surface area contributed by atoms with Crippen molar-refractivity contribution in [1.29, 1.82) is 0 Å². The van der Waals surface area contributed by atoms with Gasteiger partial charge in [0.15, 0.2) is 0 Å². The molecule has 0 aliphatic carbocycles. The molecule has 1 aromatic rings. The monoisotopic (exact) mass is 245 g/mol. The van der Waals surface area contributed by atoms with Gasteiger partial charge in [0.1, 0.15) is 0 Å². The molecule has 0 heterocycles. The van der Waals surface area contributed by atoms with Gasteiger partial charge >= 0.3 is 0 Å². The van der Waals surface area contributed by atoms with E-state index in [-0.39, 0.29) is 37.6 Å². The van der Waals surface area contributed by atoms with Crippen molar-refractivity contribution < 1.29 is 45.7 Å². The molecule has 0 fully saturated rings. The fourth-order valence-electron chi connectivity index (χ4n) is 0.532. The van der Waals surface area contributed by atoms with E-state index < -0.39 is 10.1 Å². The molecule has 0 unspecified atom stereocenters. The van der Waals surface area contributed by atoms with E-state index in [1.807, 2.05) is 0 Å². The summed E-state index contributed by atoms with van der Waals surface area (Å²) in [5.74, 6) is 0. The van der Waals surface area contributed by atoms with E-state index in [1.165, 1.54) is 18.2 Å². The van der Waals surface area contributed by atoms with Gasteiger partial charge in [-0.3, -0.25) is 8.42 Å². The van der Waals surface area contributed by atoms with E-state index in [9.17, 15) is 13.0 Å². The Morgan fingerprint density at radius 1 is 1.45 bits per heavy atom. The van der Waals surface area contributed by atoms with Crippen LogP contribution in [0.5, 0.6) is 0 Å². The van der Waals surface area contributed by atoms with Gasteiger partial charge in [-0.25, -0.2) is 0 Å². The average Bonchev–Trinajstić information content (AvgIpc) is 1.88. The summed E-state index contributed by atoms with van der Waals surface area (Å²) in [5.41, 5.74) is 0. The van der Waals surface area contributed by atoms with Crippen LogP contribution in [0.2, 0.25) is 0 Å². The van der Waals surface area contributed by atoms with Crippen molar-refractivity contribution in [1.82, 2.24) is 0 Å². The van der Waals surface area contributed by atoms with Gasteiger partial charge in [-0.05, 0) is 0 Å². The molecule has 0 aliphatic heterocycles. The van der Waals surface area contributed by atoms with Gasteiger partial charge in [0.25, 0.3) is 0 Å². The fraction of sp³-hybridized carbons (Fsp3) is 0. The second kappa shape index (κ2) is 4.31. The molecule has 0 bridgehead atoms. The molecule has 1 aromatic carbocycles. The fourth-order valence-corrected chi connectivity index (χ4v) is 0.990. The van der Waals surface area contributed by atoms with Gasteiger partial charge in [0, 0.05) is 32.7 Å². The van der Waals surface area contributed by atoms with E-state index in [4.69, 9.17) is 0 Å². The van der Waals surface area contributed by atoms with Crippen LogP contribution in [-0.2, 0) is 42.8 Å². The summed E-state index contributed by atoms with van der Waals surface area (Å²) in [6.45, 7) is 0. The molecule has 0 N–H and O–H groups in total. The van der Waals surface area contributed by atoms with Crippen molar-refractivity contribution in [3.8, 4) is 0 Å². The van der Waals surface area contributed by atoms with Crippen LogP contribution >= 0.6 is 0 Å². The first-order chi connectivity index (χ1) is 4.61. The first-order valence-corrected chi connectivity index (χ1v) is 3.93. The zero-order chi connectivity index (χ0) is 7.61. The maximum Gasteiger partial charge on any atom is 0.0743 e. The summed E-state index contributed by atoms with van der Waals surface area (Å²) >= 11 is 0. The first kappa shape index (κ1) is 11.2. The summed E-state index contributed by atoms with van der Waals surface area (Å²) in [6.07, 6.45) is 0. The zero-order valence-corrected chi connectivity index (χ0v) is 9.17. The van der Waals surface area contributed by atoms with E-state index in [0.717, 1.165) is 6.07 Å². The van der Waals surface area contributed by atoms with E-state index in [2.05, 4.69) is 6.07 Å². The van der Waals surface area contributed by atoms with Crippen LogP contribution in [0.4, 0.5) is 0 Å². The quantitative estimate of drug-likeness (QED) is 0.531. The third kappa shape index (κ3) is 3.42. The SMILES string of the molecule is O=S(=O)([O-])c1c[c-]ccc1.[Y]. The zero-order valence-electron chi connectivity index (χ0n) is 5.52. The Kier molecular flexibility index (Phi) is 4.40. The molecule has 1 radical (unpaired) electrons. The summed E-state index contributed by atoms with van der Waals surface area (Å²) in [7, 11) is -4.28. The van der Waals surface area contributed by atoms with E-state index in [1.54, 1.807) is 0 Å². The molecule has 0 aliphatic rings. The first-order valence-electron chi connectivity index (χ1n) is 2.53. The number of hydrogen-bond acceptors (Lipinski definition) is 3. The van der Waals surface area contributed by atoms with Crippen molar-refractivity contribution >= 4 is 10.1 Å². The Hall–Kier alpha value is 0.234. The van der Waals surface area contributed by atoms with Crippen LogP contribution in [0.15, 0.2) is 29.2 Å². The van der Waals surface area contributed by atoms with Gasteiger partial charge < -0.3 is 4.55 Å². The Morgan fingerprint density at radius 2 is 2.09 bits per heavy atom. The average molecular weight is 245 g/mol. The summed E-state index contributed by atoms with van der Waals surface area (Å²) in [5, 5.41) is 0. The molecular formula is C6H4O3SY-2. The molecule has 11 heavy (non-hydrogen) atoms. The van der Waals surface area contributed by atoms with Gasteiger partial charge in [-0.1, -0.05) is 4.90 Å². The minimum Gasteiger partial charge on any atom is -0.754 e. The molecule has 0 amide bonds. The van der Waals surface area contributed by atoms with Crippen LogP contribution < -0.4 is 0 Å².